The Morgan fingerprint density at radius 2 is 2.09 bits per heavy atom. The molecule has 0 unspecified atom stereocenters. The molecule has 10 heteroatoms. The summed E-state index contributed by atoms with van der Waals surface area (Å²) in [6.45, 7) is 6.72. The Morgan fingerprint density at radius 1 is 1.21 bits per heavy atom. The molecule has 0 aliphatic carbocycles. The van der Waals surface area contributed by atoms with Crippen molar-refractivity contribution >= 4 is 34.2 Å². The molecule has 5 rings (SSSR count). The number of aromatic nitrogens is 6. The van der Waals surface area contributed by atoms with Gasteiger partial charge < -0.3 is 19.9 Å². The lowest BCUT2D eigenvalue weighted by molar-refractivity contribution is 0.0270. The van der Waals surface area contributed by atoms with Crippen LogP contribution >= 0.6 is 0 Å². The second kappa shape index (κ2) is 8.62. The van der Waals surface area contributed by atoms with Crippen LogP contribution in [-0.2, 0) is 4.74 Å². The van der Waals surface area contributed by atoms with Gasteiger partial charge in [-0.3, -0.25) is 0 Å². The number of aromatic amines is 2. The van der Waals surface area contributed by atoms with Crippen LogP contribution in [0.3, 0.4) is 0 Å². The molecule has 0 saturated carbocycles. The minimum absolute atomic E-state index is 0.287. The lowest BCUT2D eigenvalue weighted by atomic mass is 10.1. The number of hydrogen-bond acceptors (Lipinski definition) is 7. The summed E-state index contributed by atoms with van der Waals surface area (Å²) in [5.41, 5.74) is 4.94. The van der Waals surface area contributed by atoms with Gasteiger partial charge in [0.15, 0.2) is 0 Å². The molecule has 0 radical (unpaired) electrons. The van der Waals surface area contributed by atoms with Crippen LogP contribution in [0, 0.1) is 0 Å². The number of H-pyrrole nitrogens is 2. The zero-order chi connectivity index (χ0) is 23.7. The number of nitrogens with zero attached hydrogens (tertiary/aromatic N) is 5. The van der Waals surface area contributed by atoms with Gasteiger partial charge in [0.1, 0.15) is 29.1 Å². The molecule has 0 spiro atoms. The van der Waals surface area contributed by atoms with E-state index >= 15 is 0 Å². The smallest absolute Gasteiger partial charge is 0.410 e. The molecule has 0 atom stereocenters. The SMILES string of the molecule is CC(C)(C)OC(=O)N1CC=C(c2cc3c(Nc4cccc(-c5cn[nH]n5)c4)ncnc3[nH]2)CC1. The largest absolute Gasteiger partial charge is 0.444 e. The van der Waals surface area contributed by atoms with E-state index in [-0.39, 0.29) is 6.09 Å². The standard InChI is InChI=1S/C24H26N8O2/c1-24(2,3)34-23(33)32-9-7-15(8-10-32)19-12-18-21(25-14-26-22(18)29-19)28-17-6-4-5-16(11-17)20-13-27-31-30-20/h4-7,11-14H,8-10H2,1-3H3,(H,27,30,31)(H2,25,26,28,29). The van der Waals surface area contributed by atoms with E-state index in [1.807, 2.05) is 51.1 Å². The molecule has 1 aromatic carbocycles. The Balaban J connectivity index is 1.36. The fraction of sp³-hybridized carbons (Fsp3) is 0.292. The summed E-state index contributed by atoms with van der Waals surface area (Å²) in [6.07, 6.45) is 5.71. The van der Waals surface area contributed by atoms with Crippen molar-refractivity contribution in [2.45, 2.75) is 32.8 Å². The summed E-state index contributed by atoms with van der Waals surface area (Å²) in [5.74, 6) is 0.705. The molecular weight excluding hydrogens is 432 g/mol. The van der Waals surface area contributed by atoms with Gasteiger partial charge in [-0.05, 0) is 51.0 Å². The molecule has 0 fully saturated rings. The summed E-state index contributed by atoms with van der Waals surface area (Å²) in [6, 6.07) is 9.95. The number of hydrogen-bond donors (Lipinski definition) is 3. The van der Waals surface area contributed by atoms with Crippen LogP contribution in [0.25, 0.3) is 27.9 Å². The van der Waals surface area contributed by atoms with Crippen molar-refractivity contribution in [3.05, 3.63) is 54.6 Å². The molecule has 1 aliphatic heterocycles. The van der Waals surface area contributed by atoms with Gasteiger partial charge in [0, 0.05) is 30.0 Å². The van der Waals surface area contributed by atoms with Crippen molar-refractivity contribution in [1.82, 2.24) is 35.3 Å². The Labute approximate surface area is 196 Å². The highest BCUT2D eigenvalue weighted by molar-refractivity contribution is 5.92. The maximum absolute atomic E-state index is 12.3. The Hall–Kier alpha value is -4.21. The number of benzene rings is 1. The van der Waals surface area contributed by atoms with Crippen LogP contribution in [0.15, 0.2) is 48.9 Å². The summed E-state index contributed by atoms with van der Waals surface area (Å²) >= 11 is 0. The lowest BCUT2D eigenvalue weighted by Crippen LogP contribution is -2.39. The normalized spacial score (nSPS) is 14.2. The van der Waals surface area contributed by atoms with Crippen molar-refractivity contribution in [1.29, 1.82) is 0 Å². The number of amides is 1. The number of fused-ring (bicyclic) bond motifs is 1. The first-order valence-corrected chi connectivity index (χ1v) is 11.1. The number of anilines is 2. The van der Waals surface area contributed by atoms with E-state index in [2.05, 4.69) is 41.8 Å². The number of carbonyl (C=O) groups is 1. The highest BCUT2D eigenvalue weighted by atomic mass is 16.6. The molecule has 4 heterocycles. The second-order valence-corrected chi connectivity index (χ2v) is 9.13. The maximum atomic E-state index is 12.3. The summed E-state index contributed by atoms with van der Waals surface area (Å²) in [5, 5.41) is 14.9. The van der Waals surface area contributed by atoms with Gasteiger partial charge >= 0.3 is 6.09 Å². The van der Waals surface area contributed by atoms with E-state index in [0.29, 0.717) is 18.9 Å². The van der Waals surface area contributed by atoms with Gasteiger partial charge in [-0.2, -0.15) is 15.4 Å². The topological polar surface area (TPSA) is 125 Å². The molecule has 34 heavy (non-hydrogen) atoms. The predicted octanol–water partition coefficient (Wildman–Crippen LogP) is 4.51. The molecular formula is C24H26N8O2. The Bertz CT molecular complexity index is 1350. The zero-order valence-electron chi connectivity index (χ0n) is 19.3. The molecule has 0 bridgehead atoms. The van der Waals surface area contributed by atoms with Gasteiger partial charge in [0.2, 0.25) is 0 Å². The summed E-state index contributed by atoms with van der Waals surface area (Å²) in [4.78, 5) is 26.3. The molecule has 174 valence electrons. The monoisotopic (exact) mass is 458 g/mol. The van der Waals surface area contributed by atoms with Crippen molar-refractivity contribution < 1.29 is 9.53 Å². The van der Waals surface area contributed by atoms with Crippen LogP contribution in [0.2, 0.25) is 0 Å². The van der Waals surface area contributed by atoms with Crippen LogP contribution in [0.1, 0.15) is 32.9 Å². The number of ether oxygens (including phenoxy) is 1. The average molecular weight is 459 g/mol. The third-order valence-electron chi connectivity index (χ3n) is 5.47. The molecule has 3 N–H and O–H groups in total. The fourth-order valence-electron chi connectivity index (χ4n) is 3.85. The number of rotatable bonds is 4. The van der Waals surface area contributed by atoms with E-state index in [1.54, 1.807) is 11.1 Å². The van der Waals surface area contributed by atoms with Gasteiger partial charge in [0.05, 0.1) is 11.6 Å². The van der Waals surface area contributed by atoms with Gasteiger partial charge in [-0.15, -0.1) is 0 Å². The average Bonchev–Trinajstić information content (AvgIpc) is 3.49. The van der Waals surface area contributed by atoms with Crippen molar-refractivity contribution in [3.8, 4) is 11.3 Å². The minimum Gasteiger partial charge on any atom is -0.444 e. The highest BCUT2D eigenvalue weighted by Crippen LogP contribution is 2.30. The van der Waals surface area contributed by atoms with E-state index in [4.69, 9.17) is 4.74 Å². The Morgan fingerprint density at radius 3 is 2.82 bits per heavy atom. The molecule has 3 aromatic heterocycles. The van der Waals surface area contributed by atoms with Gasteiger partial charge in [-0.1, -0.05) is 18.2 Å². The summed E-state index contributed by atoms with van der Waals surface area (Å²) in [7, 11) is 0. The fourth-order valence-corrected chi connectivity index (χ4v) is 3.85. The third kappa shape index (κ3) is 4.61. The first kappa shape index (κ1) is 21.6. The van der Waals surface area contributed by atoms with Crippen LogP contribution in [-0.4, -0.2) is 60.0 Å². The van der Waals surface area contributed by atoms with Gasteiger partial charge in [0.25, 0.3) is 0 Å². The Kier molecular flexibility index (Phi) is 5.48. The number of nitrogens with one attached hydrogen (secondary N) is 3. The van der Waals surface area contributed by atoms with Crippen molar-refractivity contribution in [2.75, 3.05) is 18.4 Å². The van der Waals surface area contributed by atoms with Crippen LogP contribution in [0.5, 0.6) is 0 Å². The van der Waals surface area contributed by atoms with E-state index in [0.717, 1.165) is 45.7 Å². The first-order valence-electron chi connectivity index (χ1n) is 11.1. The molecule has 1 aliphatic rings. The van der Waals surface area contributed by atoms with E-state index in [9.17, 15) is 4.79 Å². The van der Waals surface area contributed by atoms with Gasteiger partial charge in [-0.25, -0.2) is 14.8 Å². The first-order chi connectivity index (χ1) is 16.4. The second-order valence-electron chi connectivity index (χ2n) is 9.13. The molecule has 0 saturated heterocycles. The molecule has 1 amide bonds. The quantitative estimate of drug-likeness (QED) is 0.411. The predicted molar refractivity (Wildman–Crippen MR) is 129 cm³/mol. The van der Waals surface area contributed by atoms with Crippen LogP contribution in [0.4, 0.5) is 16.3 Å². The zero-order valence-corrected chi connectivity index (χ0v) is 19.3. The molecule has 4 aromatic rings. The van der Waals surface area contributed by atoms with Crippen molar-refractivity contribution in [3.63, 3.8) is 0 Å². The summed E-state index contributed by atoms with van der Waals surface area (Å²) < 4.78 is 5.48. The highest BCUT2D eigenvalue weighted by Gasteiger charge is 2.24. The van der Waals surface area contributed by atoms with Crippen LogP contribution < -0.4 is 5.32 Å². The maximum Gasteiger partial charge on any atom is 0.410 e. The number of carbonyl (C=O) groups excluding carboxylic acids is 1. The van der Waals surface area contributed by atoms with E-state index < -0.39 is 5.60 Å². The van der Waals surface area contributed by atoms with E-state index in [1.165, 1.54) is 6.33 Å². The minimum atomic E-state index is -0.505. The molecule has 10 nitrogen and oxygen atoms in total. The third-order valence-corrected chi connectivity index (χ3v) is 5.47. The van der Waals surface area contributed by atoms with Crippen molar-refractivity contribution in [2.24, 2.45) is 0 Å². The lowest BCUT2D eigenvalue weighted by Gasteiger charge is -2.29.